The van der Waals surface area contributed by atoms with E-state index < -0.39 is 0 Å². The second-order valence-electron chi connectivity index (χ2n) is 5.52. The van der Waals surface area contributed by atoms with Crippen LogP contribution in [-0.4, -0.2) is 5.97 Å². The molecule has 108 valence electrons. The van der Waals surface area contributed by atoms with E-state index in [9.17, 15) is 4.79 Å². The number of carbonyl (C=O) groups excluding carboxylic acids is 1. The number of rotatable bonds is 4. The fourth-order valence-corrected chi connectivity index (χ4v) is 3.32. The van der Waals surface area contributed by atoms with Crippen molar-refractivity contribution >= 4 is 51.8 Å². The van der Waals surface area contributed by atoms with Crippen molar-refractivity contribution in [3.05, 3.63) is 44.0 Å². The number of hydrogen-bond donors (Lipinski definition) is 0. The summed E-state index contributed by atoms with van der Waals surface area (Å²) in [5.41, 5.74) is 0.850. The lowest BCUT2D eigenvalue weighted by molar-refractivity contribution is -0.147. The molecule has 2 unspecified atom stereocenters. The van der Waals surface area contributed by atoms with Crippen molar-refractivity contribution in [1.29, 1.82) is 0 Å². The second-order valence-corrected chi connectivity index (χ2v) is 7.77. The zero-order valence-corrected chi connectivity index (χ0v) is 14.9. The molecule has 0 aliphatic heterocycles. The van der Waals surface area contributed by atoms with Crippen LogP contribution in [-0.2, 0) is 16.1 Å². The van der Waals surface area contributed by atoms with Gasteiger partial charge in [-0.15, -0.1) is 0 Å². The lowest BCUT2D eigenvalue weighted by Crippen LogP contribution is -2.10. The van der Waals surface area contributed by atoms with E-state index in [4.69, 9.17) is 27.9 Å². The van der Waals surface area contributed by atoms with Gasteiger partial charge in [0, 0.05) is 3.57 Å². The molecule has 0 bridgehead atoms. The van der Waals surface area contributed by atoms with Crippen LogP contribution >= 0.6 is 45.8 Å². The van der Waals surface area contributed by atoms with Crippen LogP contribution in [0.3, 0.4) is 0 Å². The summed E-state index contributed by atoms with van der Waals surface area (Å²) in [4.78, 5) is 12.1. The van der Waals surface area contributed by atoms with Gasteiger partial charge in [-0.25, -0.2) is 0 Å². The molecular weight excluding hydrogens is 410 g/mol. The average Bonchev–Trinajstić information content (AvgIpc) is 2.87. The minimum absolute atomic E-state index is 0.0518. The molecule has 0 heterocycles. The molecule has 2 nitrogen and oxygen atoms in total. The Bertz CT molecular complexity index is 551. The first kappa shape index (κ1) is 16.1. The lowest BCUT2D eigenvalue weighted by atomic mass is 10.1. The first-order valence-electron chi connectivity index (χ1n) is 6.26. The molecule has 1 saturated carbocycles. The zero-order chi connectivity index (χ0) is 14.9. The van der Waals surface area contributed by atoms with E-state index in [0.717, 1.165) is 9.13 Å². The maximum atomic E-state index is 12.1. The van der Waals surface area contributed by atoms with Crippen molar-refractivity contribution in [2.45, 2.75) is 20.5 Å². The minimum Gasteiger partial charge on any atom is -0.461 e. The summed E-state index contributed by atoms with van der Waals surface area (Å²) in [6, 6.07) is 7.89. The Labute approximate surface area is 142 Å². The molecule has 2 rings (SSSR count). The van der Waals surface area contributed by atoms with Crippen molar-refractivity contribution < 1.29 is 9.53 Å². The van der Waals surface area contributed by atoms with Gasteiger partial charge in [0.05, 0.1) is 5.92 Å². The van der Waals surface area contributed by atoms with Crippen molar-refractivity contribution in [3.63, 3.8) is 0 Å². The molecule has 0 radical (unpaired) electrons. The molecule has 5 heteroatoms. The molecule has 0 N–H and O–H groups in total. The maximum absolute atomic E-state index is 12.1. The number of benzene rings is 1. The summed E-state index contributed by atoms with van der Waals surface area (Å²) < 4.78 is 6.72. The van der Waals surface area contributed by atoms with Gasteiger partial charge in [0.25, 0.3) is 0 Å². The summed E-state index contributed by atoms with van der Waals surface area (Å²) in [5, 5.41) is 0. The first-order valence-corrected chi connectivity index (χ1v) is 8.09. The SMILES string of the molecule is CC1(C)C(C=C(Cl)Cl)C1C(=O)OCc1cccc(I)c1. The number of ether oxygens (including phenoxy) is 1. The predicted molar refractivity (Wildman–Crippen MR) is 89.5 cm³/mol. The van der Waals surface area contributed by atoms with Crippen molar-refractivity contribution in [2.24, 2.45) is 17.3 Å². The van der Waals surface area contributed by atoms with Crippen molar-refractivity contribution in [1.82, 2.24) is 0 Å². The molecule has 0 saturated heterocycles. The molecular formula is C15H15Cl2IO2. The smallest absolute Gasteiger partial charge is 0.310 e. The van der Waals surface area contributed by atoms with Crippen molar-refractivity contribution in [3.8, 4) is 0 Å². The molecule has 1 aliphatic carbocycles. The first-order chi connectivity index (χ1) is 9.32. The second kappa shape index (κ2) is 6.24. The number of allylic oxidation sites excluding steroid dienone is 1. The van der Waals surface area contributed by atoms with Gasteiger partial charge in [-0.2, -0.15) is 0 Å². The van der Waals surface area contributed by atoms with Crippen LogP contribution in [0.1, 0.15) is 19.4 Å². The van der Waals surface area contributed by atoms with Gasteiger partial charge < -0.3 is 4.74 Å². The highest BCUT2D eigenvalue weighted by Crippen LogP contribution is 2.60. The third-order valence-corrected chi connectivity index (χ3v) is 4.66. The number of hydrogen-bond acceptors (Lipinski definition) is 2. The average molecular weight is 425 g/mol. The van der Waals surface area contributed by atoms with Crippen LogP contribution < -0.4 is 0 Å². The topological polar surface area (TPSA) is 26.3 Å². The van der Waals surface area contributed by atoms with Crippen LogP contribution in [0.15, 0.2) is 34.8 Å². The standard InChI is InChI=1S/C15H15Cl2IO2/c1-15(2)11(7-12(16)17)13(15)14(19)20-8-9-4-3-5-10(18)6-9/h3-7,11,13H,8H2,1-2H3. The predicted octanol–water partition coefficient (Wildman–Crippen LogP) is 4.93. The van der Waals surface area contributed by atoms with E-state index >= 15 is 0 Å². The summed E-state index contributed by atoms with van der Waals surface area (Å²) in [7, 11) is 0. The maximum Gasteiger partial charge on any atom is 0.310 e. The molecule has 20 heavy (non-hydrogen) atoms. The fraction of sp³-hybridized carbons (Fsp3) is 0.400. The quantitative estimate of drug-likeness (QED) is 0.506. The Kier molecular flexibility index (Phi) is 5.03. The van der Waals surface area contributed by atoms with Crippen LogP contribution in [0.4, 0.5) is 0 Å². The minimum atomic E-state index is -0.190. The Morgan fingerprint density at radius 2 is 2.15 bits per heavy atom. The van der Waals surface area contributed by atoms with Crippen molar-refractivity contribution in [2.75, 3.05) is 0 Å². The van der Waals surface area contributed by atoms with E-state index in [0.29, 0.717) is 6.61 Å². The lowest BCUT2D eigenvalue weighted by Gasteiger charge is -2.06. The van der Waals surface area contributed by atoms with Gasteiger partial charge in [0.1, 0.15) is 11.1 Å². The third-order valence-electron chi connectivity index (χ3n) is 3.74. The molecule has 1 aliphatic rings. The van der Waals surface area contributed by atoms with Crippen LogP contribution in [0, 0.1) is 20.8 Å². The summed E-state index contributed by atoms with van der Waals surface area (Å²) >= 11 is 13.6. The van der Waals surface area contributed by atoms with E-state index in [-0.39, 0.29) is 27.7 Å². The van der Waals surface area contributed by atoms with Crippen LogP contribution in [0.25, 0.3) is 0 Å². The van der Waals surface area contributed by atoms with Gasteiger partial charge in [0.2, 0.25) is 0 Å². The van der Waals surface area contributed by atoms with Gasteiger partial charge >= 0.3 is 5.97 Å². The van der Waals surface area contributed by atoms with Gasteiger partial charge in [-0.3, -0.25) is 4.79 Å². The third kappa shape index (κ3) is 3.68. The van der Waals surface area contributed by atoms with E-state index in [2.05, 4.69) is 22.6 Å². The number of halogens is 3. The van der Waals surface area contributed by atoms with E-state index in [1.807, 2.05) is 38.1 Å². The molecule has 2 atom stereocenters. The molecule has 1 aromatic carbocycles. The van der Waals surface area contributed by atoms with E-state index in [1.165, 1.54) is 0 Å². The Balaban J connectivity index is 1.95. The van der Waals surface area contributed by atoms with E-state index in [1.54, 1.807) is 6.08 Å². The molecule has 0 spiro atoms. The molecule has 1 aromatic rings. The number of esters is 1. The summed E-state index contributed by atoms with van der Waals surface area (Å²) in [6.45, 7) is 4.33. The normalized spacial score (nSPS) is 23.1. The Hall–Kier alpha value is -0.260. The largest absolute Gasteiger partial charge is 0.461 e. The highest BCUT2D eigenvalue weighted by molar-refractivity contribution is 14.1. The molecule has 0 amide bonds. The fourth-order valence-electron chi connectivity index (χ4n) is 2.45. The molecule has 0 aromatic heterocycles. The summed E-state index contributed by atoms with van der Waals surface area (Å²) in [5.74, 6) is -0.307. The molecule has 1 fully saturated rings. The Morgan fingerprint density at radius 1 is 1.45 bits per heavy atom. The van der Waals surface area contributed by atoms with Crippen LogP contribution in [0.5, 0.6) is 0 Å². The van der Waals surface area contributed by atoms with Gasteiger partial charge in [-0.1, -0.05) is 49.2 Å². The number of carbonyl (C=O) groups is 1. The highest BCUT2D eigenvalue weighted by Gasteiger charge is 2.61. The van der Waals surface area contributed by atoms with Gasteiger partial charge in [-0.05, 0) is 57.7 Å². The zero-order valence-electron chi connectivity index (χ0n) is 11.2. The Morgan fingerprint density at radius 3 is 2.75 bits per heavy atom. The summed E-state index contributed by atoms with van der Waals surface area (Å²) in [6.07, 6.45) is 1.72. The van der Waals surface area contributed by atoms with Gasteiger partial charge in [0.15, 0.2) is 0 Å². The highest BCUT2D eigenvalue weighted by atomic mass is 127. The monoisotopic (exact) mass is 424 g/mol. The van der Waals surface area contributed by atoms with Crippen LogP contribution in [0.2, 0.25) is 0 Å².